The van der Waals surface area contributed by atoms with Crippen molar-refractivity contribution in [3.63, 3.8) is 0 Å². The number of rotatable bonds is 1. The van der Waals surface area contributed by atoms with Crippen molar-refractivity contribution in [2.75, 3.05) is 0 Å². The first kappa shape index (κ1) is 12.9. The number of benzene rings is 1. The van der Waals surface area contributed by atoms with Crippen LogP contribution in [0.2, 0.25) is 0 Å². The average Bonchev–Trinajstić information content (AvgIpc) is 2.76. The molecule has 4 heteroatoms. The molecule has 3 rings (SSSR count). The van der Waals surface area contributed by atoms with E-state index in [1.807, 2.05) is 52.0 Å². The van der Waals surface area contributed by atoms with Crippen LogP contribution in [0, 0.1) is 0 Å². The van der Waals surface area contributed by atoms with E-state index >= 15 is 0 Å². The molecule has 0 radical (unpaired) electrons. The van der Waals surface area contributed by atoms with Gasteiger partial charge in [-0.25, -0.2) is 0 Å². The van der Waals surface area contributed by atoms with E-state index in [-0.39, 0.29) is 29.9 Å². The molecule has 1 aromatic rings. The van der Waals surface area contributed by atoms with Gasteiger partial charge < -0.3 is 9.31 Å². The Labute approximate surface area is 114 Å². The minimum absolute atomic E-state index is 0.0183. The first-order valence-electron chi connectivity index (χ1n) is 6.79. The normalized spacial score (nSPS) is 27.7. The van der Waals surface area contributed by atoms with Gasteiger partial charge in [0.1, 0.15) is 0 Å². The number of carbonyl (C=O) groups is 1. The zero-order valence-electron chi connectivity index (χ0n) is 11.9. The van der Waals surface area contributed by atoms with Crippen LogP contribution in [0.25, 0.3) is 0 Å². The largest absolute Gasteiger partial charge is 0.466 e. The third-order valence-corrected chi connectivity index (χ3v) is 4.67. The van der Waals surface area contributed by atoms with Crippen molar-refractivity contribution in [1.82, 2.24) is 0 Å². The zero-order chi connectivity index (χ0) is 13.8. The van der Waals surface area contributed by atoms with Crippen molar-refractivity contribution < 1.29 is 14.1 Å². The van der Waals surface area contributed by atoms with Gasteiger partial charge in [-0.3, -0.25) is 4.79 Å². The molecule has 0 aromatic heterocycles. The van der Waals surface area contributed by atoms with Crippen molar-refractivity contribution in [2.24, 2.45) is 0 Å². The Hall–Kier alpha value is -1.13. The Morgan fingerprint density at radius 1 is 1.11 bits per heavy atom. The SMILES string of the molecule is CC1(C)OB(C2CC(=O)c3ccccc32)OC1(C)C. The summed E-state index contributed by atoms with van der Waals surface area (Å²) in [6.45, 7) is 8.15. The first-order chi connectivity index (χ1) is 8.82. The summed E-state index contributed by atoms with van der Waals surface area (Å²) in [6, 6.07) is 7.78. The molecule has 1 aromatic carbocycles. The van der Waals surface area contributed by atoms with Crippen LogP contribution in [-0.4, -0.2) is 24.1 Å². The molecule has 1 fully saturated rings. The van der Waals surface area contributed by atoms with Crippen molar-refractivity contribution in [3.8, 4) is 0 Å². The smallest absolute Gasteiger partial charge is 0.403 e. The summed E-state index contributed by atoms with van der Waals surface area (Å²) >= 11 is 0. The van der Waals surface area contributed by atoms with Crippen molar-refractivity contribution in [1.29, 1.82) is 0 Å². The van der Waals surface area contributed by atoms with E-state index in [0.717, 1.165) is 11.1 Å². The van der Waals surface area contributed by atoms with E-state index in [1.54, 1.807) is 0 Å². The fourth-order valence-corrected chi connectivity index (χ4v) is 2.79. The third kappa shape index (κ3) is 1.85. The minimum atomic E-state index is -0.349. The molecule has 1 aliphatic carbocycles. The number of fused-ring (bicyclic) bond motifs is 1. The van der Waals surface area contributed by atoms with E-state index in [4.69, 9.17) is 9.31 Å². The molecule has 0 N–H and O–H groups in total. The standard InChI is InChI=1S/C15H19BO3/c1-14(2)15(3,4)19-16(18-14)12-9-13(17)11-8-6-5-7-10(11)12/h5-8,12H,9H2,1-4H3. The molecular weight excluding hydrogens is 239 g/mol. The van der Waals surface area contributed by atoms with E-state index in [1.165, 1.54) is 0 Å². The highest BCUT2D eigenvalue weighted by atomic mass is 16.7. The second-order valence-electron chi connectivity index (χ2n) is 6.45. The number of carbonyl (C=O) groups excluding carboxylic acids is 1. The van der Waals surface area contributed by atoms with Crippen molar-refractivity contribution in [3.05, 3.63) is 35.4 Å². The van der Waals surface area contributed by atoms with Crippen LogP contribution in [0.1, 0.15) is 55.9 Å². The highest BCUT2D eigenvalue weighted by molar-refractivity contribution is 6.49. The zero-order valence-corrected chi connectivity index (χ0v) is 11.9. The molecule has 0 spiro atoms. The molecule has 1 unspecified atom stereocenters. The Bertz CT molecular complexity index is 520. The van der Waals surface area contributed by atoms with Gasteiger partial charge in [0.15, 0.2) is 5.78 Å². The van der Waals surface area contributed by atoms with Gasteiger partial charge in [0.05, 0.1) is 11.2 Å². The van der Waals surface area contributed by atoms with Crippen LogP contribution in [-0.2, 0) is 9.31 Å². The van der Waals surface area contributed by atoms with Gasteiger partial charge in [-0.05, 0) is 33.3 Å². The molecule has 1 aliphatic heterocycles. The number of Topliss-reactive ketones (excluding diaryl/α,β-unsaturated/α-hetero) is 1. The lowest BCUT2D eigenvalue weighted by atomic mass is 9.68. The first-order valence-corrected chi connectivity index (χ1v) is 6.79. The predicted molar refractivity (Wildman–Crippen MR) is 74.2 cm³/mol. The summed E-state index contributed by atoms with van der Waals surface area (Å²) in [5.41, 5.74) is 1.18. The molecule has 1 heterocycles. The maximum atomic E-state index is 12.0. The topological polar surface area (TPSA) is 35.5 Å². The molecule has 19 heavy (non-hydrogen) atoms. The Morgan fingerprint density at radius 2 is 1.68 bits per heavy atom. The highest BCUT2D eigenvalue weighted by Crippen LogP contribution is 2.44. The predicted octanol–water partition coefficient (Wildman–Crippen LogP) is 2.99. The maximum Gasteiger partial charge on any atom is 0.466 e. The summed E-state index contributed by atoms with van der Waals surface area (Å²) < 4.78 is 12.2. The van der Waals surface area contributed by atoms with Crippen LogP contribution in [0.5, 0.6) is 0 Å². The molecule has 0 amide bonds. The maximum absolute atomic E-state index is 12.0. The van der Waals surface area contributed by atoms with Crippen LogP contribution in [0.4, 0.5) is 0 Å². The summed E-state index contributed by atoms with van der Waals surface area (Å²) in [7, 11) is -0.336. The fraction of sp³-hybridized carbons (Fsp3) is 0.533. The van der Waals surface area contributed by atoms with Crippen LogP contribution in [0.15, 0.2) is 24.3 Å². The van der Waals surface area contributed by atoms with E-state index in [2.05, 4.69) is 0 Å². The van der Waals surface area contributed by atoms with Gasteiger partial charge >= 0.3 is 7.12 Å². The van der Waals surface area contributed by atoms with Gasteiger partial charge in [0.2, 0.25) is 0 Å². The van der Waals surface area contributed by atoms with Gasteiger partial charge in [-0.2, -0.15) is 0 Å². The number of hydrogen-bond acceptors (Lipinski definition) is 3. The van der Waals surface area contributed by atoms with Crippen molar-refractivity contribution in [2.45, 2.75) is 51.1 Å². The minimum Gasteiger partial charge on any atom is -0.403 e. The third-order valence-electron chi connectivity index (χ3n) is 4.67. The van der Waals surface area contributed by atoms with E-state index in [0.29, 0.717) is 6.42 Å². The van der Waals surface area contributed by atoms with Gasteiger partial charge in [-0.15, -0.1) is 0 Å². The molecule has 100 valence electrons. The highest BCUT2D eigenvalue weighted by Gasteiger charge is 2.55. The fourth-order valence-electron chi connectivity index (χ4n) is 2.79. The lowest BCUT2D eigenvalue weighted by Crippen LogP contribution is -2.41. The summed E-state index contributed by atoms with van der Waals surface area (Å²) in [5.74, 6) is 0.208. The molecule has 0 bridgehead atoms. The second kappa shape index (κ2) is 3.93. The van der Waals surface area contributed by atoms with Crippen molar-refractivity contribution >= 4 is 12.9 Å². The quantitative estimate of drug-likeness (QED) is 0.726. The molecule has 0 saturated carbocycles. The molecular formula is C15H19BO3. The van der Waals surface area contributed by atoms with E-state index in [9.17, 15) is 4.79 Å². The Morgan fingerprint density at radius 3 is 2.32 bits per heavy atom. The molecule has 2 aliphatic rings. The molecule has 3 nitrogen and oxygen atoms in total. The van der Waals surface area contributed by atoms with Crippen LogP contribution < -0.4 is 0 Å². The van der Waals surface area contributed by atoms with Crippen LogP contribution in [0.3, 0.4) is 0 Å². The van der Waals surface area contributed by atoms with Crippen LogP contribution >= 0.6 is 0 Å². The summed E-state index contributed by atoms with van der Waals surface area (Å²) in [5, 5.41) is 0. The Kier molecular flexibility index (Phi) is 2.67. The second-order valence-corrected chi connectivity index (χ2v) is 6.45. The lowest BCUT2D eigenvalue weighted by Gasteiger charge is -2.32. The molecule has 1 saturated heterocycles. The van der Waals surface area contributed by atoms with Gasteiger partial charge in [0.25, 0.3) is 0 Å². The number of hydrogen-bond donors (Lipinski definition) is 0. The van der Waals surface area contributed by atoms with Gasteiger partial charge in [-0.1, -0.05) is 24.3 Å². The lowest BCUT2D eigenvalue weighted by molar-refractivity contribution is 0.00578. The Balaban J connectivity index is 1.93. The van der Waals surface area contributed by atoms with E-state index < -0.39 is 0 Å². The monoisotopic (exact) mass is 258 g/mol. The summed E-state index contributed by atoms with van der Waals surface area (Å²) in [6.07, 6.45) is 0.482. The average molecular weight is 258 g/mol. The number of ketones is 1. The molecule has 1 atom stereocenters. The van der Waals surface area contributed by atoms with Gasteiger partial charge in [0, 0.05) is 17.8 Å². The summed E-state index contributed by atoms with van der Waals surface area (Å²) in [4.78, 5) is 12.0.